The summed E-state index contributed by atoms with van der Waals surface area (Å²) >= 11 is 0. The minimum absolute atomic E-state index is 0. The molecule has 12 heavy (non-hydrogen) atoms. The molecule has 0 atom stereocenters. The van der Waals surface area contributed by atoms with Gasteiger partial charge in [0.05, 0.1) is 5.91 Å². The smallest absolute Gasteiger partial charge is 0.666 e. The van der Waals surface area contributed by atoms with Crippen LogP contribution in [-0.2, 0) is 68.2 Å². The fourth-order valence-electron chi connectivity index (χ4n) is 0.116. The first-order valence-electron chi connectivity index (χ1n) is 1.85. The standard InChI is InChI=1S/C3H5N2O2.CHO.K.W.Y/c4-3(7)1-5-2-6;1-2;;;/h1H2,(H3,4,5,6,7);1H;;;/q2*-1;+1;;/p-1. The van der Waals surface area contributed by atoms with Gasteiger partial charge in [-0.15, -0.1) is 0 Å². The third-order valence-corrected chi connectivity index (χ3v) is 0.321. The summed E-state index contributed by atoms with van der Waals surface area (Å²) in [7, 11) is 0. The van der Waals surface area contributed by atoms with E-state index in [0.717, 1.165) is 0 Å². The fourth-order valence-corrected chi connectivity index (χ4v) is 0.116. The van der Waals surface area contributed by atoms with Crippen LogP contribution in [0.2, 0.25) is 0 Å². The average Bonchev–Trinajstić information content (AvgIpc) is 1.88. The van der Waals surface area contributed by atoms with E-state index in [4.69, 9.17) is 10.5 Å². The first-order valence-corrected chi connectivity index (χ1v) is 1.85. The Morgan fingerprint density at radius 1 is 1.50 bits per heavy atom. The van der Waals surface area contributed by atoms with E-state index in [-0.39, 0.29) is 112 Å². The molecule has 0 aliphatic rings. The van der Waals surface area contributed by atoms with Crippen LogP contribution in [0.3, 0.4) is 0 Å². The van der Waals surface area contributed by atoms with E-state index in [1.54, 1.807) is 0 Å². The van der Waals surface area contributed by atoms with Crippen LogP contribution in [0.15, 0.2) is 0 Å². The van der Waals surface area contributed by atoms with E-state index in [2.05, 4.69) is 6.79 Å². The molecule has 1 radical (unpaired) electrons. The van der Waals surface area contributed by atoms with Crippen LogP contribution in [0.5, 0.6) is 0 Å². The topological polar surface area (TPSA) is 87.0 Å². The number of nitrogens with one attached hydrogen (secondary N) is 2. The van der Waals surface area contributed by atoms with E-state index < -0.39 is 5.91 Å². The van der Waals surface area contributed by atoms with Crippen molar-refractivity contribution in [2.24, 2.45) is 0 Å². The van der Waals surface area contributed by atoms with Gasteiger partial charge in [0.15, 0.2) is 0 Å². The van der Waals surface area contributed by atoms with Crippen LogP contribution >= 0.6 is 0 Å². The van der Waals surface area contributed by atoms with Gasteiger partial charge >= 0.3 is 51.4 Å². The van der Waals surface area contributed by atoms with E-state index in [9.17, 15) is 9.59 Å². The quantitative estimate of drug-likeness (QED) is 0.210. The second-order valence-corrected chi connectivity index (χ2v) is 0.879. The van der Waals surface area contributed by atoms with Crippen LogP contribution < -0.4 is 56.7 Å². The second-order valence-electron chi connectivity index (χ2n) is 0.879. The van der Waals surface area contributed by atoms with Crippen LogP contribution in [-0.4, -0.2) is 25.7 Å². The molecule has 0 saturated carbocycles. The van der Waals surface area contributed by atoms with Gasteiger partial charge in [-0.25, -0.2) is 0 Å². The Morgan fingerprint density at radius 3 is 1.92 bits per heavy atom. The van der Waals surface area contributed by atoms with Crippen LogP contribution in [0, 0.1) is 0 Å². The molecule has 0 aromatic rings. The molecule has 0 rings (SSSR count). The molecule has 2 N–H and O–H groups in total. The zero-order valence-electron chi connectivity index (χ0n) is 6.49. The van der Waals surface area contributed by atoms with Crippen molar-refractivity contribution in [1.82, 2.24) is 5.32 Å². The molecule has 0 aliphatic heterocycles. The summed E-state index contributed by atoms with van der Waals surface area (Å²) in [5, 5.41) is 1.91. The number of hydrogen-bond acceptors (Lipinski definition) is 3. The molecule has 5 nitrogen and oxygen atoms in total. The Balaban J connectivity index is -0.0000000303. The summed E-state index contributed by atoms with van der Waals surface area (Å²) in [5.74, 6) is -0.816. The molecule has 61 valence electrons. The Morgan fingerprint density at radius 2 is 1.83 bits per heavy atom. The molecule has 0 heterocycles. The monoisotopic (exact) mass is 441 g/mol. The van der Waals surface area contributed by atoms with Gasteiger partial charge in [0.25, 0.3) is 0 Å². The van der Waals surface area contributed by atoms with Crippen LogP contribution in [0.4, 0.5) is 0 Å². The van der Waals surface area contributed by atoms with Crippen molar-refractivity contribution in [1.29, 1.82) is 0 Å². The number of rotatable bonds is 3. The second kappa shape index (κ2) is 29.2. The van der Waals surface area contributed by atoms with Crippen molar-refractivity contribution in [2.45, 2.75) is 0 Å². The number of amides is 2. The molecule has 0 bridgehead atoms. The molecular weight excluding hydrogens is 436 g/mol. The molecule has 0 aromatic carbocycles. The van der Waals surface area contributed by atoms with Crippen LogP contribution in [0.1, 0.15) is 0 Å². The van der Waals surface area contributed by atoms with Crippen molar-refractivity contribution >= 4 is 19.1 Å². The van der Waals surface area contributed by atoms with Crippen LogP contribution in [0.25, 0.3) is 5.73 Å². The summed E-state index contributed by atoms with van der Waals surface area (Å²) < 4.78 is 0. The minimum atomic E-state index is -0.816. The predicted molar refractivity (Wildman–Crippen MR) is 29.8 cm³/mol. The summed E-state index contributed by atoms with van der Waals surface area (Å²) in [6, 6.07) is 0. The van der Waals surface area contributed by atoms with Gasteiger partial charge in [-0.05, 0) is 0 Å². The Hall–Kier alpha value is 2.04. The SMILES string of the molecule is [CH-]=O.[K+].[NH-]C(=O)CN[C-]=O.[W].[Y]. The van der Waals surface area contributed by atoms with E-state index in [1.807, 2.05) is 5.32 Å². The fraction of sp³-hybridized carbons (Fsp3) is 0.250. The van der Waals surface area contributed by atoms with Crippen molar-refractivity contribution < 1.29 is 120 Å². The van der Waals surface area contributed by atoms with Gasteiger partial charge < -0.3 is 25.4 Å². The van der Waals surface area contributed by atoms with Crippen molar-refractivity contribution in [3.63, 3.8) is 0 Å². The maximum atomic E-state index is 9.63. The molecule has 8 heteroatoms. The van der Waals surface area contributed by atoms with Gasteiger partial charge in [0.1, 0.15) is 0 Å². The molecule has 0 spiro atoms. The zero-order chi connectivity index (χ0) is 7.70. The normalized spacial score (nSPS) is 4.67. The maximum Gasteiger partial charge on any atom is 1.00 e. The molecule has 0 saturated heterocycles. The van der Waals surface area contributed by atoms with Gasteiger partial charge in [-0.2, -0.15) is 6.41 Å². The largest absolute Gasteiger partial charge is 1.00 e. The molecular formula is C4H5KN2O3WY-2. The summed E-state index contributed by atoms with van der Waals surface area (Å²) in [4.78, 5) is 26.6. The number of carbonyl (C=O) groups is 1. The van der Waals surface area contributed by atoms with Gasteiger partial charge in [-0.3, -0.25) is 6.79 Å². The van der Waals surface area contributed by atoms with Crippen molar-refractivity contribution in [3.8, 4) is 0 Å². The molecule has 0 aliphatic carbocycles. The first kappa shape index (κ1) is 29.2. The molecule has 0 unspecified atom stereocenters. The van der Waals surface area contributed by atoms with Gasteiger partial charge in [-0.1, -0.05) is 0 Å². The van der Waals surface area contributed by atoms with E-state index in [0.29, 0.717) is 0 Å². The van der Waals surface area contributed by atoms with Crippen molar-refractivity contribution in [3.05, 3.63) is 5.73 Å². The average molecular weight is 441 g/mol. The van der Waals surface area contributed by atoms with Gasteiger partial charge in [0.2, 0.25) is 0 Å². The Bertz CT molecular complexity index is 108. The number of hydrogen-bond donors (Lipinski definition) is 1. The minimum Gasteiger partial charge on any atom is -0.666 e. The van der Waals surface area contributed by atoms with Gasteiger partial charge in [0, 0.05) is 60.3 Å². The summed E-state index contributed by atoms with van der Waals surface area (Å²) in [5.41, 5.74) is 6.20. The van der Waals surface area contributed by atoms with E-state index >= 15 is 0 Å². The summed E-state index contributed by atoms with van der Waals surface area (Å²) in [6.07, 6.45) is 1.26. The molecule has 0 aromatic heterocycles. The maximum absolute atomic E-state index is 9.63. The Kier molecular flexibility index (Phi) is 71.2. The first-order chi connectivity index (χ1) is 4.27. The van der Waals surface area contributed by atoms with E-state index in [1.165, 1.54) is 6.41 Å². The summed E-state index contributed by atoms with van der Waals surface area (Å²) in [6.45, 7) is 3.00. The van der Waals surface area contributed by atoms with Crippen molar-refractivity contribution in [2.75, 3.05) is 6.54 Å². The third-order valence-electron chi connectivity index (χ3n) is 0.321. The molecule has 0 fully saturated rings. The molecule has 2 amide bonds. The predicted octanol–water partition coefficient (Wildman–Crippen LogP) is -4.05. The zero-order valence-corrected chi connectivity index (χ0v) is 15.4. The number of carbonyl (C=O) groups excluding carboxylic acids is 3. The third kappa shape index (κ3) is 40.2. The Labute approximate surface area is 153 Å².